The van der Waals surface area contributed by atoms with Gasteiger partial charge in [0.05, 0.1) is 20.0 Å². The molecular weight excluding hydrogens is 466 g/mol. The zero-order chi connectivity index (χ0) is 24.8. The summed E-state index contributed by atoms with van der Waals surface area (Å²) in [4.78, 5) is 6.39. The molecule has 1 N–H and O–H groups in total. The predicted molar refractivity (Wildman–Crippen MR) is 137 cm³/mol. The molecule has 0 saturated carbocycles. The third-order valence-electron chi connectivity index (χ3n) is 6.50. The zero-order valence-electron chi connectivity index (χ0n) is 20.7. The van der Waals surface area contributed by atoms with Gasteiger partial charge in [0.25, 0.3) is 0 Å². The SMILES string of the molecule is COc1cc(CN2CCC(O)(COc3cc(C)c(Cl)c(C)c3)CC2)ccc1OCCn1ccnc1. The molecule has 1 saturated heterocycles. The Morgan fingerprint density at radius 1 is 1.06 bits per heavy atom. The Morgan fingerprint density at radius 3 is 2.46 bits per heavy atom. The Kier molecular flexibility index (Phi) is 8.21. The highest BCUT2D eigenvalue weighted by molar-refractivity contribution is 6.32. The van der Waals surface area contributed by atoms with Crippen LogP contribution in [-0.4, -0.2) is 58.6 Å². The Morgan fingerprint density at radius 2 is 1.80 bits per heavy atom. The second-order valence-corrected chi connectivity index (χ2v) is 9.67. The van der Waals surface area contributed by atoms with E-state index in [1.165, 1.54) is 0 Å². The van der Waals surface area contributed by atoms with Gasteiger partial charge in [0, 0.05) is 37.1 Å². The third-order valence-corrected chi connectivity index (χ3v) is 7.10. The first kappa shape index (κ1) is 25.4. The van der Waals surface area contributed by atoms with E-state index in [-0.39, 0.29) is 6.61 Å². The number of aryl methyl sites for hydroxylation is 2. The van der Waals surface area contributed by atoms with E-state index >= 15 is 0 Å². The molecule has 1 aliphatic rings. The highest BCUT2D eigenvalue weighted by Crippen LogP contribution is 2.31. The van der Waals surface area contributed by atoms with Crippen LogP contribution in [0.3, 0.4) is 0 Å². The summed E-state index contributed by atoms with van der Waals surface area (Å²) in [5.41, 5.74) is 2.28. The van der Waals surface area contributed by atoms with E-state index in [4.69, 9.17) is 25.8 Å². The van der Waals surface area contributed by atoms with Gasteiger partial charge in [-0.25, -0.2) is 4.98 Å². The Hall–Kier alpha value is -2.74. The molecule has 2 heterocycles. The van der Waals surface area contributed by atoms with Gasteiger partial charge < -0.3 is 23.9 Å². The van der Waals surface area contributed by atoms with E-state index < -0.39 is 5.60 Å². The quantitative estimate of drug-likeness (QED) is 0.438. The van der Waals surface area contributed by atoms with Crippen LogP contribution in [-0.2, 0) is 13.1 Å². The van der Waals surface area contributed by atoms with Crippen LogP contribution in [0.2, 0.25) is 5.02 Å². The van der Waals surface area contributed by atoms with Crippen LogP contribution in [0.15, 0.2) is 49.1 Å². The Balaban J connectivity index is 1.27. The molecule has 0 radical (unpaired) electrons. The molecule has 188 valence electrons. The number of ether oxygens (including phenoxy) is 3. The van der Waals surface area contributed by atoms with Gasteiger partial charge in [-0.3, -0.25) is 4.90 Å². The normalized spacial score (nSPS) is 15.7. The van der Waals surface area contributed by atoms with E-state index in [1.807, 2.05) is 48.9 Å². The van der Waals surface area contributed by atoms with Crippen molar-refractivity contribution < 1.29 is 19.3 Å². The van der Waals surface area contributed by atoms with Crippen molar-refractivity contribution >= 4 is 11.6 Å². The lowest BCUT2D eigenvalue weighted by Crippen LogP contribution is -2.47. The lowest BCUT2D eigenvalue weighted by molar-refractivity contribution is -0.0537. The molecule has 1 aliphatic heterocycles. The molecule has 0 spiro atoms. The molecule has 0 bridgehead atoms. The van der Waals surface area contributed by atoms with E-state index in [2.05, 4.69) is 16.0 Å². The smallest absolute Gasteiger partial charge is 0.161 e. The van der Waals surface area contributed by atoms with Crippen LogP contribution in [0, 0.1) is 13.8 Å². The maximum absolute atomic E-state index is 11.1. The van der Waals surface area contributed by atoms with E-state index in [1.54, 1.807) is 19.6 Å². The Labute approximate surface area is 212 Å². The van der Waals surface area contributed by atoms with Crippen LogP contribution in [0.25, 0.3) is 0 Å². The van der Waals surface area contributed by atoms with Gasteiger partial charge in [-0.15, -0.1) is 0 Å². The number of methoxy groups -OCH3 is 1. The Bertz CT molecular complexity index is 1090. The number of likely N-dealkylation sites (tertiary alicyclic amines) is 1. The standard InChI is InChI=1S/C27H34ClN3O4/c1-20-14-23(15-21(2)26(20)28)35-18-27(32)6-9-30(10-7-27)17-22-4-5-24(25(16-22)33-3)34-13-12-31-11-8-29-19-31/h4-5,8,11,14-16,19,32H,6-7,9-10,12-13,17-18H2,1-3H3. The van der Waals surface area contributed by atoms with Gasteiger partial charge in [-0.1, -0.05) is 17.7 Å². The summed E-state index contributed by atoms with van der Waals surface area (Å²) in [6, 6.07) is 9.91. The molecule has 1 fully saturated rings. The number of hydrogen-bond donors (Lipinski definition) is 1. The number of imidazole rings is 1. The first-order chi connectivity index (χ1) is 16.8. The highest BCUT2D eigenvalue weighted by Gasteiger charge is 2.33. The summed E-state index contributed by atoms with van der Waals surface area (Å²) >= 11 is 6.25. The molecule has 3 aromatic rings. The molecular formula is C27H34ClN3O4. The van der Waals surface area contributed by atoms with Crippen molar-refractivity contribution in [1.29, 1.82) is 0 Å². The fourth-order valence-corrected chi connectivity index (χ4v) is 4.46. The molecule has 0 amide bonds. The number of rotatable bonds is 10. The van der Waals surface area contributed by atoms with Crippen molar-refractivity contribution in [3.63, 3.8) is 0 Å². The van der Waals surface area contributed by atoms with Crippen LogP contribution in [0.4, 0.5) is 0 Å². The van der Waals surface area contributed by atoms with Gasteiger partial charge in [-0.05, 0) is 67.6 Å². The summed E-state index contributed by atoms with van der Waals surface area (Å²) in [5.74, 6) is 2.21. The van der Waals surface area contributed by atoms with Gasteiger partial charge in [0.2, 0.25) is 0 Å². The van der Waals surface area contributed by atoms with E-state index in [9.17, 15) is 5.11 Å². The van der Waals surface area contributed by atoms with Gasteiger partial charge in [0.1, 0.15) is 24.6 Å². The average Bonchev–Trinajstić information content (AvgIpc) is 3.37. The van der Waals surface area contributed by atoms with Crippen LogP contribution < -0.4 is 14.2 Å². The zero-order valence-corrected chi connectivity index (χ0v) is 21.4. The summed E-state index contributed by atoms with van der Waals surface area (Å²) in [5, 5.41) is 11.8. The van der Waals surface area contributed by atoms with Crippen molar-refractivity contribution in [3.8, 4) is 17.2 Å². The molecule has 8 heteroatoms. The van der Waals surface area contributed by atoms with Gasteiger partial charge in [-0.2, -0.15) is 0 Å². The van der Waals surface area contributed by atoms with E-state index in [0.29, 0.717) is 19.4 Å². The van der Waals surface area contributed by atoms with Crippen LogP contribution >= 0.6 is 11.6 Å². The molecule has 1 aromatic heterocycles. The van der Waals surface area contributed by atoms with E-state index in [0.717, 1.165) is 65.1 Å². The summed E-state index contributed by atoms with van der Waals surface area (Å²) < 4.78 is 19.4. The molecule has 4 rings (SSSR count). The lowest BCUT2D eigenvalue weighted by Gasteiger charge is -2.38. The third kappa shape index (κ3) is 6.69. The second-order valence-electron chi connectivity index (χ2n) is 9.29. The van der Waals surface area contributed by atoms with Crippen molar-refractivity contribution in [2.24, 2.45) is 0 Å². The monoisotopic (exact) mass is 499 g/mol. The number of aliphatic hydroxyl groups is 1. The fraction of sp³-hybridized carbons (Fsp3) is 0.444. The average molecular weight is 500 g/mol. The highest BCUT2D eigenvalue weighted by atomic mass is 35.5. The van der Waals surface area contributed by atoms with Crippen LogP contribution in [0.1, 0.15) is 29.5 Å². The number of halogens is 1. The number of aromatic nitrogens is 2. The molecule has 2 aromatic carbocycles. The molecule has 0 aliphatic carbocycles. The minimum absolute atomic E-state index is 0.278. The topological polar surface area (TPSA) is 69.0 Å². The number of nitrogens with zero attached hydrogens (tertiary/aromatic N) is 3. The predicted octanol–water partition coefficient (Wildman–Crippen LogP) is 4.65. The number of piperidine rings is 1. The molecule has 0 unspecified atom stereocenters. The summed E-state index contributed by atoms with van der Waals surface area (Å²) in [7, 11) is 1.66. The minimum atomic E-state index is -0.831. The van der Waals surface area contributed by atoms with Crippen molar-refractivity contribution in [1.82, 2.24) is 14.5 Å². The van der Waals surface area contributed by atoms with Gasteiger partial charge in [0.15, 0.2) is 11.5 Å². The summed E-state index contributed by atoms with van der Waals surface area (Å²) in [6.07, 6.45) is 6.76. The van der Waals surface area contributed by atoms with Crippen molar-refractivity contribution in [3.05, 3.63) is 70.8 Å². The lowest BCUT2D eigenvalue weighted by atomic mass is 9.92. The molecule has 7 nitrogen and oxygen atoms in total. The van der Waals surface area contributed by atoms with Crippen molar-refractivity contribution in [2.45, 2.75) is 45.4 Å². The first-order valence-corrected chi connectivity index (χ1v) is 12.3. The van der Waals surface area contributed by atoms with Crippen molar-refractivity contribution in [2.75, 3.05) is 33.4 Å². The second kappa shape index (κ2) is 11.3. The molecule has 0 atom stereocenters. The maximum Gasteiger partial charge on any atom is 0.161 e. The van der Waals surface area contributed by atoms with Crippen LogP contribution in [0.5, 0.6) is 17.2 Å². The van der Waals surface area contributed by atoms with Gasteiger partial charge >= 0.3 is 0 Å². The first-order valence-electron chi connectivity index (χ1n) is 11.9. The fourth-order valence-electron chi connectivity index (χ4n) is 4.35. The largest absolute Gasteiger partial charge is 0.493 e. The molecule has 35 heavy (non-hydrogen) atoms. The number of hydrogen-bond acceptors (Lipinski definition) is 6. The minimum Gasteiger partial charge on any atom is -0.493 e. The maximum atomic E-state index is 11.1. The summed E-state index contributed by atoms with van der Waals surface area (Å²) in [6.45, 7) is 7.85. The number of benzene rings is 2.